The molecule has 5 nitrogen and oxygen atoms in total. The fourth-order valence-electron chi connectivity index (χ4n) is 2.27. The molecule has 1 aliphatic carbocycles. The van der Waals surface area contributed by atoms with E-state index in [1.165, 1.54) is 19.3 Å². The summed E-state index contributed by atoms with van der Waals surface area (Å²) < 4.78 is 2.14. The molecule has 1 N–H and O–H groups in total. The molecule has 0 bridgehead atoms. The lowest BCUT2D eigenvalue weighted by Crippen LogP contribution is -2.10. The first-order valence-electron chi connectivity index (χ1n) is 7.30. The maximum absolute atomic E-state index is 4.74. The van der Waals surface area contributed by atoms with Crippen LogP contribution in [-0.2, 0) is 6.54 Å². The largest absolute Gasteiger partial charge is 0.368 e. The second-order valence-corrected chi connectivity index (χ2v) is 5.20. The third-order valence-corrected chi connectivity index (χ3v) is 3.52. The fraction of sp³-hybridized carbons (Fsp3) is 0.643. The lowest BCUT2D eigenvalue weighted by molar-refractivity contribution is 0.618. The quantitative estimate of drug-likeness (QED) is 0.888. The van der Waals surface area contributed by atoms with Gasteiger partial charge >= 0.3 is 0 Å². The van der Waals surface area contributed by atoms with Crippen LogP contribution in [0.15, 0.2) is 6.33 Å². The van der Waals surface area contributed by atoms with Crippen molar-refractivity contribution >= 4 is 18.2 Å². The normalized spacial score (nSPS) is 14.3. The van der Waals surface area contributed by atoms with E-state index in [9.17, 15) is 0 Å². The molecule has 3 rings (SSSR count). The molecular formula is C14H22ClN5. The predicted molar refractivity (Wildman–Crippen MR) is 82.7 cm³/mol. The number of nitrogens with one attached hydrogen (secondary N) is 1. The van der Waals surface area contributed by atoms with E-state index in [1.54, 1.807) is 0 Å². The van der Waals surface area contributed by atoms with Crippen LogP contribution in [0.5, 0.6) is 0 Å². The van der Waals surface area contributed by atoms with Crippen molar-refractivity contribution in [2.45, 2.75) is 52.0 Å². The summed E-state index contributed by atoms with van der Waals surface area (Å²) in [6.07, 6.45) is 6.67. The lowest BCUT2D eigenvalue weighted by Gasteiger charge is -2.12. The highest BCUT2D eigenvalue weighted by Gasteiger charge is 2.30. The molecule has 0 spiro atoms. The number of rotatable bonds is 6. The number of halogens is 1. The third kappa shape index (κ3) is 2.87. The van der Waals surface area contributed by atoms with Gasteiger partial charge in [0.25, 0.3) is 0 Å². The highest BCUT2D eigenvalue weighted by Crippen LogP contribution is 2.40. The Hall–Kier alpha value is -1.36. The van der Waals surface area contributed by atoms with Gasteiger partial charge in [0.2, 0.25) is 0 Å². The van der Waals surface area contributed by atoms with Crippen molar-refractivity contribution < 1.29 is 0 Å². The number of hydrogen-bond donors (Lipinski definition) is 1. The van der Waals surface area contributed by atoms with E-state index < -0.39 is 0 Å². The van der Waals surface area contributed by atoms with Crippen molar-refractivity contribution in [3.8, 4) is 11.5 Å². The summed E-state index contributed by atoms with van der Waals surface area (Å²) in [5.41, 5.74) is 0.933. The van der Waals surface area contributed by atoms with Gasteiger partial charge in [-0.15, -0.1) is 12.4 Å². The number of aryl methyl sites for hydroxylation is 1. The van der Waals surface area contributed by atoms with E-state index in [4.69, 9.17) is 9.97 Å². The maximum atomic E-state index is 4.74. The van der Waals surface area contributed by atoms with Gasteiger partial charge in [0.15, 0.2) is 17.3 Å². The first-order chi connectivity index (χ1) is 9.33. The standard InChI is InChI=1S/C14H21N5.ClH/c1-3-5-8-19-9-16-13(15-4-2)11-14(19)18-12(17-11)10-6-7-10;/h9-10,15H,3-8H2,1-2H3;1H. The van der Waals surface area contributed by atoms with Crippen molar-refractivity contribution in [2.24, 2.45) is 0 Å². The predicted octanol–water partition coefficient (Wildman–Crippen LogP) is 3.31. The Labute approximate surface area is 126 Å². The number of anilines is 1. The summed E-state index contributed by atoms with van der Waals surface area (Å²) in [6, 6.07) is 0. The second kappa shape index (κ2) is 6.39. The maximum Gasteiger partial charge on any atom is 0.165 e. The van der Waals surface area contributed by atoms with Crippen LogP contribution in [0.25, 0.3) is 11.5 Å². The molecule has 20 heavy (non-hydrogen) atoms. The van der Waals surface area contributed by atoms with Crippen LogP contribution >= 0.6 is 12.4 Å². The van der Waals surface area contributed by atoms with E-state index in [-0.39, 0.29) is 12.4 Å². The number of hydrogen-bond acceptors (Lipinski definition) is 4. The van der Waals surface area contributed by atoms with Gasteiger partial charge in [-0.3, -0.25) is 0 Å². The molecule has 0 amide bonds. The van der Waals surface area contributed by atoms with Crippen molar-refractivity contribution in [1.29, 1.82) is 0 Å². The zero-order valence-electron chi connectivity index (χ0n) is 12.1. The molecule has 0 unspecified atom stereocenters. The fourth-order valence-corrected chi connectivity index (χ4v) is 2.27. The average Bonchev–Trinajstić information content (AvgIpc) is 3.17. The molecule has 0 aromatic carbocycles. The van der Waals surface area contributed by atoms with E-state index in [0.717, 1.165) is 42.7 Å². The lowest BCUT2D eigenvalue weighted by atomic mass is 10.3. The number of imidazole rings is 1. The molecule has 0 aromatic rings. The van der Waals surface area contributed by atoms with Crippen molar-refractivity contribution in [2.75, 3.05) is 11.9 Å². The van der Waals surface area contributed by atoms with Crippen LogP contribution < -0.4 is 5.32 Å². The van der Waals surface area contributed by atoms with Gasteiger partial charge in [0, 0.05) is 19.0 Å². The molecule has 3 aliphatic rings. The Morgan fingerprint density at radius 3 is 2.75 bits per heavy atom. The summed E-state index contributed by atoms with van der Waals surface area (Å²) in [5.74, 6) is 3.44. The Morgan fingerprint density at radius 1 is 1.30 bits per heavy atom. The average molecular weight is 296 g/mol. The molecule has 0 radical (unpaired) electrons. The van der Waals surface area contributed by atoms with Crippen LogP contribution in [0.1, 0.15) is 51.3 Å². The zero-order chi connectivity index (χ0) is 13.2. The topological polar surface area (TPSA) is 55.6 Å². The summed E-state index contributed by atoms with van der Waals surface area (Å²) in [5, 5.41) is 3.28. The SMILES string of the molecule is CCCCn1cnc(NCC)c2nc(C3CC3)nc1-2.Cl. The first kappa shape index (κ1) is 15.0. The summed E-state index contributed by atoms with van der Waals surface area (Å²) >= 11 is 0. The molecule has 1 fully saturated rings. The van der Waals surface area contributed by atoms with Crippen molar-refractivity contribution in [3.05, 3.63) is 12.2 Å². The number of fused-ring (bicyclic) bond motifs is 1. The molecule has 6 heteroatoms. The molecule has 2 aliphatic heterocycles. The minimum Gasteiger partial charge on any atom is -0.368 e. The molecular weight excluding hydrogens is 274 g/mol. The molecule has 110 valence electrons. The molecule has 0 saturated heterocycles. The summed E-state index contributed by atoms with van der Waals surface area (Å²) in [4.78, 5) is 13.9. The van der Waals surface area contributed by atoms with Crippen LogP contribution in [-0.4, -0.2) is 26.1 Å². The van der Waals surface area contributed by atoms with Crippen molar-refractivity contribution in [3.63, 3.8) is 0 Å². The monoisotopic (exact) mass is 295 g/mol. The Balaban J connectivity index is 0.00000147. The Kier molecular flexibility index (Phi) is 4.81. The van der Waals surface area contributed by atoms with E-state index >= 15 is 0 Å². The van der Waals surface area contributed by atoms with Crippen molar-refractivity contribution in [1.82, 2.24) is 19.5 Å². The molecule has 0 atom stereocenters. The Bertz CT molecular complexity index is 535. The second-order valence-electron chi connectivity index (χ2n) is 5.20. The van der Waals surface area contributed by atoms with E-state index in [1.807, 2.05) is 6.33 Å². The highest BCUT2D eigenvalue weighted by atomic mass is 35.5. The number of aromatic nitrogens is 4. The van der Waals surface area contributed by atoms with Crippen LogP contribution in [0, 0.1) is 0 Å². The summed E-state index contributed by atoms with van der Waals surface area (Å²) in [6.45, 7) is 6.09. The van der Waals surface area contributed by atoms with Gasteiger partial charge in [0.05, 0.1) is 6.33 Å². The Morgan fingerprint density at radius 2 is 2.10 bits per heavy atom. The van der Waals surface area contributed by atoms with Crippen LogP contribution in [0.2, 0.25) is 0 Å². The number of unbranched alkanes of at least 4 members (excludes halogenated alkanes) is 1. The van der Waals surface area contributed by atoms with Gasteiger partial charge in [-0.1, -0.05) is 13.3 Å². The zero-order valence-corrected chi connectivity index (χ0v) is 12.9. The smallest absolute Gasteiger partial charge is 0.165 e. The van der Waals surface area contributed by atoms with Gasteiger partial charge in [-0.25, -0.2) is 15.0 Å². The highest BCUT2D eigenvalue weighted by molar-refractivity contribution is 5.85. The third-order valence-electron chi connectivity index (χ3n) is 3.52. The molecule has 1 saturated carbocycles. The van der Waals surface area contributed by atoms with Gasteiger partial charge < -0.3 is 9.88 Å². The van der Waals surface area contributed by atoms with E-state index in [0.29, 0.717) is 5.92 Å². The molecule has 0 aromatic heterocycles. The minimum absolute atomic E-state index is 0. The molecule has 2 heterocycles. The van der Waals surface area contributed by atoms with Gasteiger partial charge in [-0.05, 0) is 26.2 Å². The number of nitrogens with zero attached hydrogens (tertiary/aromatic N) is 4. The van der Waals surface area contributed by atoms with Crippen LogP contribution in [0.3, 0.4) is 0 Å². The van der Waals surface area contributed by atoms with Crippen LogP contribution in [0.4, 0.5) is 5.82 Å². The van der Waals surface area contributed by atoms with Gasteiger partial charge in [-0.2, -0.15) is 0 Å². The first-order valence-corrected chi connectivity index (χ1v) is 7.30. The minimum atomic E-state index is 0. The van der Waals surface area contributed by atoms with Gasteiger partial charge in [0.1, 0.15) is 5.82 Å². The summed E-state index contributed by atoms with van der Waals surface area (Å²) in [7, 11) is 0. The van der Waals surface area contributed by atoms with E-state index in [2.05, 4.69) is 28.7 Å².